The van der Waals surface area contributed by atoms with Crippen LogP contribution >= 0.6 is 11.6 Å². The Labute approximate surface area is 84.1 Å². The summed E-state index contributed by atoms with van der Waals surface area (Å²) in [4.78, 5) is 0. The van der Waals surface area contributed by atoms with E-state index in [0.29, 0.717) is 18.2 Å². The van der Waals surface area contributed by atoms with Gasteiger partial charge in [0.15, 0.2) is 11.5 Å². The second-order valence-electron chi connectivity index (χ2n) is 2.36. The third kappa shape index (κ3) is 4.04. The van der Waals surface area contributed by atoms with Crippen LogP contribution in [0.25, 0.3) is 0 Å². The highest BCUT2D eigenvalue weighted by molar-refractivity contribution is 6.17. The first-order valence-corrected chi connectivity index (χ1v) is 4.35. The summed E-state index contributed by atoms with van der Waals surface area (Å²) in [6.45, 7) is 0.543. The third-order valence-corrected chi connectivity index (χ3v) is 1.67. The van der Waals surface area contributed by atoms with Gasteiger partial charge in [0.2, 0.25) is 0 Å². The summed E-state index contributed by atoms with van der Waals surface area (Å²) in [6.07, 6.45) is 0.788. The van der Waals surface area contributed by atoms with Crippen LogP contribution in [0.3, 0.4) is 0 Å². The van der Waals surface area contributed by atoms with Gasteiger partial charge in [0.05, 0.1) is 6.61 Å². The maximum absolute atomic E-state index is 9.25. The van der Waals surface area contributed by atoms with Crippen LogP contribution in [0.15, 0.2) is 24.3 Å². The van der Waals surface area contributed by atoms with Gasteiger partial charge in [0.25, 0.3) is 0 Å². The predicted octanol–water partition coefficient (Wildman–Crippen LogP) is 3.04. The van der Waals surface area contributed by atoms with Gasteiger partial charge in [0.1, 0.15) is 0 Å². The molecule has 0 aliphatic rings. The second-order valence-corrected chi connectivity index (χ2v) is 2.74. The Bertz CT molecular complexity index is 238. The number of phenolic OH excluding ortho intramolecular Hbond substituents is 1. The summed E-state index contributed by atoms with van der Waals surface area (Å²) in [5.41, 5.74) is 0. The van der Waals surface area contributed by atoms with E-state index in [4.69, 9.17) is 16.3 Å². The van der Waals surface area contributed by atoms with Crippen molar-refractivity contribution in [3.05, 3.63) is 24.3 Å². The molecule has 0 atom stereocenters. The van der Waals surface area contributed by atoms with Crippen molar-refractivity contribution in [1.29, 1.82) is 0 Å². The molecule has 0 aliphatic carbocycles. The minimum Gasteiger partial charge on any atom is -0.504 e. The quantitative estimate of drug-likeness (QED) is 0.601. The zero-order valence-corrected chi connectivity index (χ0v) is 7.42. The van der Waals surface area contributed by atoms with Crippen LogP contribution in [0.2, 0.25) is 0 Å². The third-order valence-electron chi connectivity index (χ3n) is 1.40. The molecule has 0 aliphatic heterocycles. The average molecular weight is 203 g/mol. The molecule has 1 aromatic carbocycles. The van der Waals surface area contributed by atoms with Crippen LogP contribution in [0.4, 0.5) is 0 Å². The lowest BCUT2D eigenvalue weighted by Crippen LogP contribution is -1.97. The Morgan fingerprint density at radius 2 is 2.00 bits per heavy atom. The molecule has 0 bridgehead atoms. The molecular formula is C10H15ClO2. The first-order valence-electron chi connectivity index (χ1n) is 3.81. The molecule has 0 heterocycles. The van der Waals surface area contributed by atoms with Crippen molar-refractivity contribution >= 4 is 11.6 Å². The van der Waals surface area contributed by atoms with E-state index >= 15 is 0 Å². The SMILES string of the molecule is C.Oc1ccccc1OCCCCl. The van der Waals surface area contributed by atoms with Crippen molar-refractivity contribution in [3.63, 3.8) is 0 Å². The predicted molar refractivity (Wildman–Crippen MR) is 55.7 cm³/mol. The Kier molecular flexibility index (Phi) is 6.15. The minimum atomic E-state index is 0. The molecule has 0 fully saturated rings. The van der Waals surface area contributed by atoms with Crippen molar-refractivity contribution < 1.29 is 9.84 Å². The molecule has 0 aromatic heterocycles. The molecule has 3 heteroatoms. The van der Waals surface area contributed by atoms with Crippen molar-refractivity contribution in [2.75, 3.05) is 12.5 Å². The Balaban J connectivity index is 0.00000144. The van der Waals surface area contributed by atoms with Crippen molar-refractivity contribution in [1.82, 2.24) is 0 Å². The molecule has 1 N–H and O–H groups in total. The van der Waals surface area contributed by atoms with Gasteiger partial charge in [-0.25, -0.2) is 0 Å². The number of aromatic hydroxyl groups is 1. The number of phenols is 1. The largest absolute Gasteiger partial charge is 0.504 e. The number of para-hydroxylation sites is 2. The fourth-order valence-electron chi connectivity index (χ4n) is 0.816. The standard InChI is InChI=1S/C9H11ClO2.CH4/c10-6-3-7-12-9-5-2-1-4-8(9)11;/h1-2,4-5,11H,3,6-7H2;1H4. The van der Waals surface area contributed by atoms with Crippen molar-refractivity contribution in [3.8, 4) is 11.5 Å². The van der Waals surface area contributed by atoms with Gasteiger partial charge in [-0.1, -0.05) is 19.6 Å². The number of hydrogen-bond donors (Lipinski definition) is 1. The van der Waals surface area contributed by atoms with Crippen LogP contribution in [0.5, 0.6) is 11.5 Å². The molecule has 0 unspecified atom stereocenters. The van der Waals surface area contributed by atoms with E-state index in [1.807, 2.05) is 6.07 Å². The number of rotatable bonds is 4. The number of ether oxygens (including phenoxy) is 1. The van der Waals surface area contributed by atoms with E-state index < -0.39 is 0 Å². The van der Waals surface area contributed by atoms with Gasteiger partial charge in [0, 0.05) is 5.88 Å². The highest BCUT2D eigenvalue weighted by Gasteiger charge is 1.98. The van der Waals surface area contributed by atoms with Gasteiger partial charge < -0.3 is 9.84 Å². The average Bonchev–Trinajstić information content (AvgIpc) is 2.09. The highest BCUT2D eigenvalue weighted by atomic mass is 35.5. The molecule has 0 saturated heterocycles. The molecular weight excluding hydrogens is 188 g/mol. The van der Waals surface area contributed by atoms with Gasteiger partial charge >= 0.3 is 0 Å². The first-order chi connectivity index (χ1) is 5.84. The fourth-order valence-corrected chi connectivity index (χ4v) is 0.925. The second kappa shape index (κ2) is 6.61. The lowest BCUT2D eigenvalue weighted by atomic mass is 10.3. The number of halogens is 1. The highest BCUT2D eigenvalue weighted by Crippen LogP contribution is 2.24. The molecule has 0 amide bonds. The maximum atomic E-state index is 9.25. The summed E-state index contributed by atoms with van der Waals surface area (Å²) in [5.74, 6) is 1.27. The normalized spacial score (nSPS) is 9.00. The van der Waals surface area contributed by atoms with E-state index in [2.05, 4.69) is 0 Å². The van der Waals surface area contributed by atoms with Gasteiger partial charge in [-0.2, -0.15) is 0 Å². The van der Waals surface area contributed by atoms with Gasteiger partial charge in [-0.15, -0.1) is 11.6 Å². The van der Waals surface area contributed by atoms with Crippen LogP contribution in [-0.2, 0) is 0 Å². The van der Waals surface area contributed by atoms with Crippen LogP contribution < -0.4 is 4.74 Å². The molecule has 13 heavy (non-hydrogen) atoms. The summed E-state index contributed by atoms with van der Waals surface area (Å²) < 4.78 is 5.24. The lowest BCUT2D eigenvalue weighted by Gasteiger charge is -2.05. The summed E-state index contributed by atoms with van der Waals surface area (Å²) in [6, 6.07) is 6.89. The van der Waals surface area contributed by atoms with Crippen LogP contribution in [0, 0.1) is 0 Å². The van der Waals surface area contributed by atoms with E-state index in [-0.39, 0.29) is 13.2 Å². The van der Waals surface area contributed by atoms with Crippen molar-refractivity contribution in [2.24, 2.45) is 0 Å². The number of benzene rings is 1. The molecule has 0 saturated carbocycles. The van der Waals surface area contributed by atoms with E-state index in [1.165, 1.54) is 0 Å². The van der Waals surface area contributed by atoms with Crippen LogP contribution in [-0.4, -0.2) is 17.6 Å². The van der Waals surface area contributed by atoms with Crippen molar-refractivity contribution in [2.45, 2.75) is 13.8 Å². The van der Waals surface area contributed by atoms with Crippen LogP contribution in [0.1, 0.15) is 13.8 Å². The van der Waals surface area contributed by atoms with E-state index in [9.17, 15) is 5.11 Å². The van der Waals surface area contributed by atoms with Gasteiger partial charge in [-0.3, -0.25) is 0 Å². The molecule has 0 spiro atoms. The molecule has 0 radical (unpaired) electrons. The molecule has 2 nitrogen and oxygen atoms in total. The molecule has 1 aromatic rings. The lowest BCUT2D eigenvalue weighted by molar-refractivity contribution is 0.300. The summed E-state index contributed by atoms with van der Waals surface area (Å²) >= 11 is 5.47. The fraction of sp³-hybridized carbons (Fsp3) is 0.400. The Morgan fingerprint density at radius 3 is 2.62 bits per heavy atom. The number of hydrogen-bond acceptors (Lipinski definition) is 2. The minimum absolute atomic E-state index is 0. The monoisotopic (exact) mass is 202 g/mol. The zero-order chi connectivity index (χ0) is 8.81. The molecule has 1 rings (SSSR count). The molecule has 74 valence electrons. The van der Waals surface area contributed by atoms with Gasteiger partial charge in [-0.05, 0) is 18.6 Å². The summed E-state index contributed by atoms with van der Waals surface area (Å²) in [5, 5.41) is 9.25. The van der Waals surface area contributed by atoms with E-state index in [0.717, 1.165) is 6.42 Å². The Hall–Kier alpha value is -0.890. The zero-order valence-electron chi connectivity index (χ0n) is 6.66. The Morgan fingerprint density at radius 1 is 1.31 bits per heavy atom. The smallest absolute Gasteiger partial charge is 0.160 e. The summed E-state index contributed by atoms with van der Waals surface area (Å²) in [7, 11) is 0. The number of alkyl halides is 1. The maximum Gasteiger partial charge on any atom is 0.160 e. The first kappa shape index (κ1) is 12.1. The van der Waals surface area contributed by atoms with E-state index in [1.54, 1.807) is 18.2 Å². The topological polar surface area (TPSA) is 29.5 Å².